The van der Waals surface area contributed by atoms with Gasteiger partial charge in [0, 0.05) is 5.56 Å². The highest BCUT2D eigenvalue weighted by Crippen LogP contribution is 2.22. The lowest BCUT2D eigenvalue weighted by Crippen LogP contribution is -2.04. The molecule has 1 aromatic carbocycles. The molecule has 0 fully saturated rings. The molecule has 6 heteroatoms. The van der Waals surface area contributed by atoms with Crippen molar-refractivity contribution in [2.45, 2.75) is 6.92 Å². The number of fused-ring (bicyclic) bond motifs is 1. The van der Waals surface area contributed by atoms with Gasteiger partial charge in [-0.1, -0.05) is 12.1 Å². The van der Waals surface area contributed by atoms with Crippen LogP contribution in [0.4, 0.5) is 4.39 Å². The number of nitrogens with zero attached hydrogens (tertiary/aromatic N) is 3. The highest BCUT2D eigenvalue weighted by atomic mass is 19.1. The first-order chi connectivity index (χ1) is 10.2. The summed E-state index contributed by atoms with van der Waals surface area (Å²) in [6.07, 6.45) is 3.04. The molecule has 0 N–H and O–H groups in total. The zero-order valence-corrected chi connectivity index (χ0v) is 11.3. The summed E-state index contributed by atoms with van der Waals surface area (Å²) in [5.41, 5.74) is 2.49. The van der Waals surface area contributed by atoms with Crippen LogP contribution in [0.5, 0.6) is 0 Å². The van der Waals surface area contributed by atoms with E-state index < -0.39 is 5.97 Å². The maximum atomic E-state index is 13.0. The van der Waals surface area contributed by atoms with Crippen molar-refractivity contribution in [2.24, 2.45) is 0 Å². The Kier molecular flexibility index (Phi) is 3.35. The van der Waals surface area contributed by atoms with Crippen LogP contribution in [0, 0.1) is 5.82 Å². The van der Waals surface area contributed by atoms with E-state index in [1.54, 1.807) is 31.3 Å². The van der Waals surface area contributed by atoms with E-state index >= 15 is 0 Å². The first kappa shape index (κ1) is 13.2. The average molecular weight is 285 g/mol. The van der Waals surface area contributed by atoms with Gasteiger partial charge in [0.2, 0.25) is 0 Å². The number of rotatable bonds is 3. The summed E-state index contributed by atoms with van der Waals surface area (Å²) in [6.45, 7) is 2.03. The molecule has 0 saturated heterocycles. The molecule has 106 valence electrons. The lowest BCUT2D eigenvalue weighted by molar-refractivity contribution is 0.0528. The van der Waals surface area contributed by atoms with Crippen molar-refractivity contribution in [3.05, 3.63) is 54.1 Å². The van der Waals surface area contributed by atoms with Crippen molar-refractivity contribution >= 4 is 11.5 Å². The molecule has 0 aliphatic heterocycles. The molecule has 0 radical (unpaired) electrons. The Morgan fingerprint density at radius 3 is 2.62 bits per heavy atom. The van der Waals surface area contributed by atoms with E-state index in [0.717, 1.165) is 11.1 Å². The molecule has 0 aliphatic rings. The van der Waals surface area contributed by atoms with E-state index in [9.17, 15) is 9.18 Å². The first-order valence-electron chi connectivity index (χ1n) is 6.46. The number of carbonyl (C=O) groups excluding carboxylic acids is 1. The maximum Gasteiger partial charge on any atom is 0.342 e. The molecule has 5 nitrogen and oxygen atoms in total. The summed E-state index contributed by atoms with van der Waals surface area (Å²) in [7, 11) is 0. The van der Waals surface area contributed by atoms with Crippen molar-refractivity contribution in [3.8, 4) is 11.1 Å². The van der Waals surface area contributed by atoms with E-state index in [-0.39, 0.29) is 5.82 Å². The van der Waals surface area contributed by atoms with E-state index in [1.807, 2.05) is 0 Å². The van der Waals surface area contributed by atoms with Crippen LogP contribution >= 0.6 is 0 Å². The Balaban J connectivity index is 2.08. The first-order valence-corrected chi connectivity index (χ1v) is 6.46. The van der Waals surface area contributed by atoms with Crippen LogP contribution in [0.25, 0.3) is 16.6 Å². The Hall–Kier alpha value is -2.76. The van der Waals surface area contributed by atoms with Crippen LogP contribution in [-0.2, 0) is 4.74 Å². The number of ether oxygens (including phenoxy) is 1. The molecule has 0 amide bonds. The smallest absolute Gasteiger partial charge is 0.342 e. The van der Waals surface area contributed by atoms with Crippen molar-refractivity contribution in [3.63, 3.8) is 0 Å². The molecule has 0 saturated carbocycles. The van der Waals surface area contributed by atoms with Crippen molar-refractivity contribution < 1.29 is 13.9 Å². The van der Waals surface area contributed by atoms with E-state index in [2.05, 4.69) is 10.2 Å². The summed E-state index contributed by atoms with van der Waals surface area (Å²) in [5, 5.41) is 8.16. The summed E-state index contributed by atoms with van der Waals surface area (Å²) >= 11 is 0. The quantitative estimate of drug-likeness (QED) is 0.694. The van der Waals surface area contributed by atoms with E-state index in [0.29, 0.717) is 17.7 Å². The fourth-order valence-electron chi connectivity index (χ4n) is 2.04. The predicted octanol–water partition coefficient (Wildman–Crippen LogP) is 2.71. The van der Waals surface area contributed by atoms with Gasteiger partial charge in [0.25, 0.3) is 0 Å². The highest BCUT2D eigenvalue weighted by molar-refractivity contribution is 5.97. The van der Waals surface area contributed by atoms with Gasteiger partial charge in [-0.25, -0.2) is 9.18 Å². The third kappa shape index (κ3) is 2.47. The molecule has 0 aliphatic carbocycles. The Morgan fingerprint density at radius 2 is 1.90 bits per heavy atom. The fourth-order valence-corrected chi connectivity index (χ4v) is 2.04. The molecule has 3 rings (SSSR count). The second kappa shape index (κ2) is 5.32. The molecule has 2 heterocycles. The van der Waals surface area contributed by atoms with Gasteiger partial charge in [-0.2, -0.15) is 14.8 Å². The normalized spacial score (nSPS) is 10.8. The number of carbonyl (C=O) groups is 1. The molecule has 0 unspecified atom stereocenters. The van der Waals surface area contributed by atoms with Gasteiger partial charge < -0.3 is 4.74 Å². The SMILES string of the molecule is CCOC(=O)c1cnn2ncc(-c3ccc(F)cc3)cc12. The van der Waals surface area contributed by atoms with Crippen LogP contribution in [0.2, 0.25) is 0 Å². The summed E-state index contributed by atoms with van der Waals surface area (Å²) in [6, 6.07) is 7.84. The Labute approximate surface area is 120 Å². The molecule has 0 spiro atoms. The predicted molar refractivity (Wildman–Crippen MR) is 74.3 cm³/mol. The van der Waals surface area contributed by atoms with Crippen LogP contribution in [-0.4, -0.2) is 27.4 Å². The minimum absolute atomic E-state index is 0.293. The number of halogens is 1. The molecule has 0 atom stereocenters. The van der Waals surface area contributed by atoms with Gasteiger partial charge in [-0.15, -0.1) is 0 Å². The fraction of sp³-hybridized carbons (Fsp3) is 0.133. The molecule has 3 aromatic rings. The standard InChI is InChI=1S/C15H12FN3O2/c1-2-21-15(20)13-9-18-19-14(13)7-11(8-17-19)10-3-5-12(16)6-4-10/h3-9H,2H2,1H3. The number of aromatic nitrogens is 3. The molecule has 2 aromatic heterocycles. The zero-order valence-electron chi connectivity index (χ0n) is 11.3. The zero-order chi connectivity index (χ0) is 14.8. The Bertz CT molecular complexity index is 796. The second-order valence-electron chi connectivity index (χ2n) is 4.40. The topological polar surface area (TPSA) is 56.5 Å². The average Bonchev–Trinajstić information content (AvgIpc) is 2.91. The lowest BCUT2D eigenvalue weighted by Gasteiger charge is -2.03. The number of esters is 1. The third-order valence-electron chi connectivity index (χ3n) is 3.06. The highest BCUT2D eigenvalue weighted by Gasteiger charge is 2.15. The monoisotopic (exact) mass is 285 g/mol. The van der Waals surface area contributed by atoms with Crippen molar-refractivity contribution in [1.29, 1.82) is 0 Å². The number of hydrogen-bond donors (Lipinski definition) is 0. The second-order valence-corrected chi connectivity index (χ2v) is 4.40. The Morgan fingerprint density at radius 1 is 1.19 bits per heavy atom. The van der Waals surface area contributed by atoms with Crippen LogP contribution < -0.4 is 0 Å². The van der Waals surface area contributed by atoms with Gasteiger partial charge in [0.15, 0.2) is 0 Å². The van der Waals surface area contributed by atoms with Crippen molar-refractivity contribution in [2.75, 3.05) is 6.61 Å². The summed E-state index contributed by atoms with van der Waals surface area (Å²) in [4.78, 5) is 11.9. The van der Waals surface area contributed by atoms with Gasteiger partial charge in [-0.05, 0) is 30.7 Å². The van der Waals surface area contributed by atoms with Crippen molar-refractivity contribution in [1.82, 2.24) is 14.8 Å². The third-order valence-corrected chi connectivity index (χ3v) is 3.06. The summed E-state index contributed by atoms with van der Waals surface area (Å²) < 4.78 is 19.3. The molecule has 21 heavy (non-hydrogen) atoms. The van der Waals surface area contributed by atoms with Gasteiger partial charge in [0.05, 0.1) is 19.0 Å². The van der Waals surface area contributed by atoms with Crippen LogP contribution in [0.1, 0.15) is 17.3 Å². The van der Waals surface area contributed by atoms with Crippen LogP contribution in [0.3, 0.4) is 0 Å². The lowest BCUT2D eigenvalue weighted by atomic mass is 10.1. The van der Waals surface area contributed by atoms with Gasteiger partial charge in [-0.3, -0.25) is 0 Å². The summed E-state index contributed by atoms with van der Waals surface area (Å²) in [5.74, 6) is -0.741. The molecule has 0 bridgehead atoms. The number of benzene rings is 1. The van der Waals surface area contributed by atoms with E-state index in [4.69, 9.17) is 4.74 Å². The minimum atomic E-state index is -0.439. The van der Waals surface area contributed by atoms with Crippen LogP contribution in [0.15, 0.2) is 42.7 Å². The van der Waals surface area contributed by atoms with Gasteiger partial charge >= 0.3 is 5.97 Å². The molecular formula is C15H12FN3O2. The number of hydrogen-bond acceptors (Lipinski definition) is 4. The molecular weight excluding hydrogens is 273 g/mol. The minimum Gasteiger partial charge on any atom is -0.462 e. The van der Waals surface area contributed by atoms with Gasteiger partial charge in [0.1, 0.15) is 16.9 Å². The largest absolute Gasteiger partial charge is 0.462 e. The maximum absolute atomic E-state index is 13.0. The van der Waals surface area contributed by atoms with E-state index in [1.165, 1.54) is 23.0 Å².